The second-order valence-electron chi connectivity index (χ2n) is 3.41. The van der Waals surface area contributed by atoms with Crippen LogP contribution >= 0.6 is 11.6 Å². The minimum absolute atomic E-state index is 0.110. The molecule has 1 aromatic rings. The molecule has 0 aliphatic carbocycles. The van der Waals surface area contributed by atoms with Gasteiger partial charge in [0, 0.05) is 5.02 Å². The highest BCUT2D eigenvalue weighted by Gasteiger charge is 2.12. The summed E-state index contributed by atoms with van der Waals surface area (Å²) in [7, 11) is 0. The predicted molar refractivity (Wildman–Crippen MR) is 56.7 cm³/mol. The molecule has 0 fully saturated rings. The van der Waals surface area contributed by atoms with Crippen molar-refractivity contribution in [3.63, 3.8) is 0 Å². The van der Waals surface area contributed by atoms with Gasteiger partial charge in [-0.05, 0) is 38.5 Å². The highest BCUT2D eigenvalue weighted by Crippen LogP contribution is 2.16. The van der Waals surface area contributed by atoms with Gasteiger partial charge in [0.2, 0.25) is 0 Å². The van der Waals surface area contributed by atoms with Crippen molar-refractivity contribution in [3.8, 4) is 0 Å². The molecule has 0 spiro atoms. The fourth-order valence-electron chi connectivity index (χ4n) is 1.09. The SMILES string of the molecule is Cc1ccc(Cl)cc1C(=O)OC(C)C. The lowest BCUT2D eigenvalue weighted by atomic mass is 10.1. The van der Waals surface area contributed by atoms with E-state index in [2.05, 4.69) is 0 Å². The van der Waals surface area contributed by atoms with E-state index < -0.39 is 0 Å². The number of ether oxygens (including phenoxy) is 1. The average molecular weight is 213 g/mol. The number of esters is 1. The third kappa shape index (κ3) is 2.74. The summed E-state index contributed by atoms with van der Waals surface area (Å²) in [4.78, 5) is 11.5. The predicted octanol–water partition coefficient (Wildman–Crippen LogP) is 3.21. The molecule has 1 aromatic carbocycles. The lowest BCUT2D eigenvalue weighted by molar-refractivity contribution is 0.0377. The van der Waals surface area contributed by atoms with Gasteiger partial charge in [0.05, 0.1) is 11.7 Å². The Bertz CT molecular complexity index is 345. The third-order valence-corrected chi connectivity index (χ3v) is 2.00. The van der Waals surface area contributed by atoms with Crippen LogP contribution in [0.15, 0.2) is 18.2 Å². The van der Waals surface area contributed by atoms with E-state index in [9.17, 15) is 4.79 Å². The molecule has 0 aromatic heterocycles. The Morgan fingerprint density at radius 2 is 2.07 bits per heavy atom. The van der Waals surface area contributed by atoms with E-state index in [1.807, 2.05) is 20.8 Å². The van der Waals surface area contributed by atoms with Crippen molar-refractivity contribution in [1.82, 2.24) is 0 Å². The van der Waals surface area contributed by atoms with Gasteiger partial charge in [-0.25, -0.2) is 4.79 Å². The van der Waals surface area contributed by atoms with Crippen LogP contribution in [0.25, 0.3) is 0 Å². The zero-order valence-corrected chi connectivity index (χ0v) is 9.26. The number of halogens is 1. The van der Waals surface area contributed by atoms with Crippen LogP contribution in [0, 0.1) is 6.92 Å². The van der Waals surface area contributed by atoms with Crippen molar-refractivity contribution < 1.29 is 9.53 Å². The summed E-state index contributed by atoms with van der Waals surface area (Å²) in [5, 5.41) is 0.548. The third-order valence-electron chi connectivity index (χ3n) is 1.76. The molecule has 0 N–H and O–H groups in total. The minimum Gasteiger partial charge on any atom is -0.459 e. The van der Waals surface area contributed by atoms with Gasteiger partial charge in [0.25, 0.3) is 0 Å². The summed E-state index contributed by atoms with van der Waals surface area (Å²) >= 11 is 5.79. The largest absolute Gasteiger partial charge is 0.459 e. The topological polar surface area (TPSA) is 26.3 Å². The summed E-state index contributed by atoms with van der Waals surface area (Å²) in [5.74, 6) is -0.319. The van der Waals surface area contributed by atoms with E-state index in [0.29, 0.717) is 10.6 Å². The molecule has 0 unspecified atom stereocenters. The fraction of sp³-hybridized carbons (Fsp3) is 0.364. The Hall–Kier alpha value is -1.02. The minimum atomic E-state index is -0.319. The van der Waals surface area contributed by atoms with Crippen LogP contribution < -0.4 is 0 Å². The molecule has 0 bridgehead atoms. The maximum Gasteiger partial charge on any atom is 0.338 e. The summed E-state index contributed by atoms with van der Waals surface area (Å²) in [6, 6.07) is 5.18. The number of carbonyl (C=O) groups excluding carboxylic acids is 1. The zero-order valence-electron chi connectivity index (χ0n) is 8.50. The van der Waals surface area contributed by atoms with E-state index in [0.717, 1.165) is 5.56 Å². The molecule has 0 aliphatic rings. The maximum atomic E-state index is 11.5. The van der Waals surface area contributed by atoms with E-state index in [1.54, 1.807) is 18.2 Å². The highest BCUT2D eigenvalue weighted by atomic mass is 35.5. The normalized spacial score (nSPS) is 10.4. The molecule has 76 valence electrons. The first-order chi connectivity index (χ1) is 6.50. The van der Waals surface area contributed by atoms with Gasteiger partial charge < -0.3 is 4.74 Å². The molecule has 2 nitrogen and oxygen atoms in total. The molecule has 0 atom stereocenters. The van der Waals surface area contributed by atoms with Crippen molar-refractivity contribution in [1.29, 1.82) is 0 Å². The van der Waals surface area contributed by atoms with Gasteiger partial charge >= 0.3 is 5.97 Å². The number of hydrogen-bond acceptors (Lipinski definition) is 2. The smallest absolute Gasteiger partial charge is 0.338 e. The Balaban J connectivity index is 2.94. The summed E-state index contributed by atoms with van der Waals surface area (Å²) in [6.07, 6.45) is -0.110. The van der Waals surface area contributed by atoms with Crippen molar-refractivity contribution in [3.05, 3.63) is 34.3 Å². The van der Waals surface area contributed by atoms with Crippen molar-refractivity contribution in [2.75, 3.05) is 0 Å². The van der Waals surface area contributed by atoms with E-state index in [-0.39, 0.29) is 12.1 Å². The summed E-state index contributed by atoms with van der Waals surface area (Å²) in [6.45, 7) is 5.49. The standard InChI is InChI=1S/C11H13ClO2/c1-7(2)14-11(13)10-6-9(12)5-4-8(10)3/h4-7H,1-3H3. The van der Waals surface area contributed by atoms with Crippen LogP contribution in [0.4, 0.5) is 0 Å². The first-order valence-electron chi connectivity index (χ1n) is 4.48. The monoisotopic (exact) mass is 212 g/mol. The fourth-order valence-corrected chi connectivity index (χ4v) is 1.26. The first-order valence-corrected chi connectivity index (χ1v) is 4.85. The number of hydrogen-bond donors (Lipinski definition) is 0. The van der Waals surface area contributed by atoms with E-state index in [4.69, 9.17) is 16.3 Å². The van der Waals surface area contributed by atoms with E-state index >= 15 is 0 Å². The first kappa shape index (κ1) is 11.1. The summed E-state index contributed by atoms with van der Waals surface area (Å²) < 4.78 is 5.07. The number of rotatable bonds is 2. The van der Waals surface area contributed by atoms with Gasteiger partial charge in [0.1, 0.15) is 0 Å². The van der Waals surface area contributed by atoms with Gasteiger partial charge in [-0.15, -0.1) is 0 Å². The van der Waals surface area contributed by atoms with Gasteiger partial charge in [-0.1, -0.05) is 17.7 Å². The maximum absolute atomic E-state index is 11.5. The zero-order chi connectivity index (χ0) is 10.7. The van der Waals surface area contributed by atoms with Gasteiger partial charge in [-0.3, -0.25) is 0 Å². The van der Waals surface area contributed by atoms with Crippen molar-refractivity contribution >= 4 is 17.6 Å². The molecule has 3 heteroatoms. The molecule has 0 aliphatic heterocycles. The number of aryl methyl sites for hydroxylation is 1. The molecule has 1 rings (SSSR count). The molecule has 0 saturated carbocycles. The van der Waals surface area contributed by atoms with Crippen molar-refractivity contribution in [2.45, 2.75) is 26.9 Å². The Morgan fingerprint density at radius 1 is 1.43 bits per heavy atom. The second-order valence-corrected chi connectivity index (χ2v) is 3.85. The number of benzene rings is 1. The van der Waals surface area contributed by atoms with Gasteiger partial charge in [0.15, 0.2) is 0 Å². The van der Waals surface area contributed by atoms with Crippen LogP contribution in [-0.2, 0) is 4.74 Å². The van der Waals surface area contributed by atoms with Crippen LogP contribution in [0.3, 0.4) is 0 Å². The molecule has 0 amide bonds. The Labute approximate surface area is 88.8 Å². The lowest BCUT2D eigenvalue weighted by Crippen LogP contribution is -2.12. The molecular formula is C11H13ClO2. The molecule has 0 heterocycles. The Kier molecular flexibility index (Phi) is 3.53. The summed E-state index contributed by atoms with van der Waals surface area (Å²) in [5.41, 5.74) is 1.41. The number of carbonyl (C=O) groups is 1. The Morgan fingerprint density at radius 3 is 2.64 bits per heavy atom. The quantitative estimate of drug-likeness (QED) is 0.704. The highest BCUT2D eigenvalue weighted by molar-refractivity contribution is 6.31. The molecule has 14 heavy (non-hydrogen) atoms. The van der Waals surface area contributed by atoms with Crippen LogP contribution in [0.5, 0.6) is 0 Å². The van der Waals surface area contributed by atoms with Crippen molar-refractivity contribution in [2.24, 2.45) is 0 Å². The van der Waals surface area contributed by atoms with Crippen LogP contribution in [0.1, 0.15) is 29.8 Å². The molecule has 0 radical (unpaired) electrons. The molecular weight excluding hydrogens is 200 g/mol. The molecule has 0 saturated heterocycles. The van der Waals surface area contributed by atoms with Gasteiger partial charge in [-0.2, -0.15) is 0 Å². The van der Waals surface area contributed by atoms with E-state index in [1.165, 1.54) is 0 Å². The second kappa shape index (κ2) is 4.47. The van der Waals surface area contributed by atoms with Crippen LogP contribution in [-0.4, -0.2) is 12.1 Å². The van der Waals surface area contributed by atoms with Crippen LogP contribution in [0.2, 0.25) is 5.02 Å². The lowest BCUT2D eigenvalue weighted by Gasteiger charge is -2.09. The average Bonchev–Trinajstić information content (AvgIpc) is 2.08.